The van der Waals surface area contributed by atoms with Gasteiger partial charge in [0.05, 0.1) is 5.69 Å². The fourth-order valence-corrected chi connectivity index (χ4v) is 8.05. The third kappa shape index (κ3) is 3.77. The maximum Gasteiger partial charge on any atom is 0.160 e. The lowest BCUT2D eigenvalue weighted by molar-refractivity contribution is 0.669. The van der Waals surface area contributed by atoms with Crippen LogP contribution in [0, 0.1) is 0 Å². The Morgan fingerprint density at radius 2 is 1.02 bits per heavy atom. The summed E-state index contributed by atoms with van der Waals surface area (Å²) in [6, 6.07) is 53.6. The van der Waals surface area contributed by atoms with E-state index in [1.807, 2.05) is 29.5 Å². The van der Waals surface area contributed by atoms with Crippen LogP contribution in [-0.2, 0) is 0 Å². The Kier molecular flexibility index (Phi) is 5.45. The SMILES string of the molecule is c1ccc(-c2ccc3c(oc4ccccc43)c2N(c2ccc3oc4ccccc4c3c2)c2ccc3sc4ccccc4c3c2)cc1. The van der Waals surface area contributed by atoms with Crippen molar-refractivity contribution in [1.29, 1.82) is 0 Å². The molecule has 0 unspecified atom stereocenters. The number of furan rings is 2. The van der Waals surface area contributed by atoms with Crippen LogP contribution in [0.2, 0.25) is 0 Å². The fraction of sp³-hybridized carbons (Fsp3) is 0. The van der Waals surface area contributed by atoms with Crippen LogP contribution in [0.5, 0.6) is 0 Å². The molecule has 0 bridgehead atoms. The minimum atomic E-state index is 0.856. The minimum Gasteiger partial charge on any atom is -0.456 e. The number of anilines is 3. The molecule has 46 heavy (non-hydrogen) atoms. The van der Waals surface area contributed by atoms with Gasteiger partial charge >= 0.3 is 0 Å². The molecule has 0 fully saturated rings. The van der Waals surface area contributed by atoms with Crippen LogP contribution in [-0.4, -0.2) is 0 Å². The van der Waals surface area contributed by atoms with Crippen molar-refractivity contribution in [3.05, 3.63) is 152 Å². The van der Waals surface area contributed by atoms with Crippen LogP contribution in [0.4, 0.5) is 17.1 Å². The van der Waals surface area contributed by atoms with Gasteiger partial charge in [0, 0.05) is 58.7 Å². The van der Waals surface area contributed by atoms with Crippen molar-refractivity contribution >= 4 is 92.4 Å². The standard InChI is InChI=1S/C42H25NO2S/c1-2-10-26(11-3-1)29-20-21-33-30-12-4-8-16-37(30)45-42(33)41(29)43(27-18-22-38-34(24-27)31-13-5-7-15-36(31)44-38)28-19-23-40-35(25-28)32-14-6-9-17-39(32)46-40/h1-25H. The molecule has 0 aliphatic carbocycles. The third-order valence-corrected chi connectivity index (χ3v) is 10.2. The van der Waals surface area contributed by atoms with Crippen molar-refractivity contribution in [1.82, 2.24) is 0 Å². The van der Waals surface area contributed by atoms with Crippen LogP contribution >= 0.6 is 11.3 Å². The zero-order chi connectivity index (χ0) is 30.2. The van der Waals surface area contributed by atoms with Gasteiger partial charge < -0.3 is 13.7 Å². The Morgan fingerprint density at radius 1 is 0.413 bits per heavy atom. The summed E-state index contributed by atoms with van der Waals surface area (Å²) in [7, 11) is 0. The lowest BCUT2D eigenvalue weighted by atomic mass is 9.98. The number of hydrogen-bond donors (Lipinski definition) is 0. The predicted molar refractivity (Wildman–Crippen MR) is 194 cm³/mol. The van der Waals surface area contributed by atoms with Gasteiger partial charge in [0.1, 0.15) is 16.7 Å². The Bertz CT molecular complexity index is 2650. The van der Waals surface area contributed by atoms with Gasteiger partial charge in [-0.15, -0.1) is 11.3 Å². The zero-order valence-corrected chi connectivity index (χ0v) is 25.4. The molecule has 3 nitrogen and oxygen atoms in total. The van der Waals surface area contributed by atoms with E-state index in [9.17, 15) is 0 Å². The molecule has 7 aromatic carbocycles. The highest BCUT2D eigenvalue weighted by Crippen LogP contribution is 2.49. The molecule has 0 saturated heterocycles. The molecule has 0 aliphatic rings. The molecule has 3 aromatic heterocycles. The number of para-hydroxylation sites is 2. The molecule has 0 radical (unpaired) electrons. The van der Waals surface area contributed by atoms with Gasteiger partial charge in [-0.05, 0) is 66.2 Å². The van der Waals surface area contributed by atoms with E-state index in [4.69, 9.17) is 8.83 Å². The van der Waals surface area contributed by atoms with Crippen molar-refractivity contribution in [2.45, 2.75) is 0 Å². The first-order chi connectivity index (χ1) is 22.8. The van der Waals surface area contributed by atoms with Gasteiger partial charge in [0.15, 0.2) is 5.58 Å². The van der Waals surface area contributed by atoms with E-state index < -0.39 is 0 Å². The average molecular weight is 608 g/mol. The van der Waals surface area contributed by atoms with Crippen molar-refractivity contribution < 1.29 is 8.83 Å². The summed E-state index contributed by atoms with van der Waals surface area (Å²) in [5.74, 6) is 0. The maximum atomic E-state index is 6.80. The first-order valence-corrected chi connectivity index (χ1v) is 16.2. The normalized spacial score (nSPS) is 11.9. The molecule has 0 aliphatic heterocycles. The molecule has 0 spiro atoms. The molecule has 10 rings (SSSR count). The van der Waals surface area contributed by atoms with Gasteiger partial charge in [-0.2, -0.15) is 0 Å². The second-order valence-corrected chi connectivity index (χ2v) is 12.8. The summed E-state index contributed by atoms with van der Waals surface area (Å²) in [5.41, 5.74) is 8.81. The number of hydrogen-bond acceptors (Lipinski definition) is 4. The van der Waals surface area contributed by atoms with Gasteiger partial charge in [0.25, 0.3) is 0 Å². The van der Waals surface area contributed by atoms with Gasteiger partial charge in [-0.25, -0.2) is 0 Å². The minimum absolute atomic E-state index is 0.856. The summed E-state index contributed by atoms with van der Waals surface area (Å²) >= 11 is 1.83. The Morgan fingerprint density at radius 3 is 1.85 bits per heavy atom. The van der Waals surface area contributed by atoms with Crippen LogP contribution in [0.15, 0.2) is 160 Å². The number of fused-ring (bicyclic) bond motifs is 9. The van der Waals surface area contributed by atoms with E-state index >= 15 is 0 Å². The molecule has 216 valence electrons. The topological polar surface area (TPSA) is 29.5 Å². The molecule has 0 atom stereocenters. The number of rotatable bonds is 4. The summed E-state index contributed by atoms with van der Waals surface area (Å²) in [6.45, 7) is 0. The quantitative estimate of drug-likeness (QED) is 0.199. The van der Waals surface area contributed by atoms with E-state index in [1.54, 1.807) is 0 Å². The second-order valence-electron chi connectivity index (χ2n) is 11.7. The van der Waals surface area contributed by atoms with Crippen molar-refractivity contribution in [2.24, 2.45) is 0 Å². The predicted octanol–water partition coefficient (Wildman–Crippen LogP) is 13.0. The summed E-state index contributed by atoms with van der Waals surface area (Å²) in [4.78, 5) is 2.38. The molecular formula is C42H25NO2S. The summed E-state index contributed by atoms with van der Waals surface area (Å²) in [6.07, 6.45) is 0. The molecule has 0 amide bonds. The third-order valence-electron chi connectivity index (χ3n) is 9.07. The van der Waals surface area contributed by atoms with Crippen LogP contribution in [0.1, 0.15) is 0 Å². The molecule has 0 N–H and O–H groups in total. The Hall–Kier alpha value is -5.84. The zero-order valence-electron chi connectivity index (χ0n) is 24.6. The largest absolute Gasteiger partial charge is 0.456 e. The summed E-state index contributed by atoms with van der Waals surface area (Å²) < 4.78 is 15.6. The van der Waals surface area contributed by atoms with Gasteiger partial charge in [0.2, 0.25) is 0 Å². The molecule has 4 heteroatoms. The first kappa shape index (κ1) is 25.5. The molecule has 0 saturated carbocycles. The van der Waals surface area contributed by atoms with Gasteiger partial charge in [-0.3, -0.25) is 0 Å². The van der Waals surface area contributed by atoms with E-state index in [0.717, 1.165) is 72.1 Å². The lowest BCUT2D eigenvalue weighted by Crippen LogP contribution is -2.11. The van der Waals surface area contributed by atoms with E-state index in [2.05, 4.69) is 138 Å². The van der Waals surface area contributed by atoms with Crippen LogP contribution in [0.25, 0.3) is 75.2 Å². The van der Waals surface area contributed by atoms with Crippen LogP contribution in [0.3, 0.4) is 0 Å². The number of benzene rings is 7. The highest BCUT2D eigenvalue weighted by molar-refractivity contribution is 7.25. The molecule has 3 heterocycles. The monoisotopic (exact) mass is 607 g/mol. The molecule has 10 aromatic rings. The van der Waals surface area contributed by atoms with Crippen molar-refractivity contribution in [2.75, 3.05) is 4.90 Å². The lowest BCUT2D eigenvalue weighted by Gasteiger charge is -2.28. The second kappa shape index (κ2) is 9.83. The summed E-state index contributed by atoms with van der Waals surface area (Å²) in [5, 5.41) is 6.89. The highest BCUT2D eigenvalue weighted by atomic mass is 32.1. The van der Waals surface area contributed by atoms with E-state index in [0.29, 0.717) is 0 Å². The Balaban J connectivity index is 1.34. The van der Waals surface area contributed by atoms with Crippen molar-refractivity contribution in [3.63, 3.8) is 0 Å². The number of thiophene rings is 1. The fourth-order valence-electron chi connectivity index (χ4n) is 6.96. The van der Waals surface area contributed by atoms with E-state index in [-0.39, 0.29) is 0 Å². The maximum absolute atomic E-state index is 6.80. The number of nitrogens with zero attached hydrogens (tertiary/aromatic N) is 1. The molecular weight excluding hydrogens is 583 g/mol. The highest BCUT2D eigenvalue weighted by Gasteiger charge is 2.25. The average Bonchev–Trinajstić information content (AvgIpc) is 3.80. The smallest absolute Gasteiger partial charge is 0.160 e. The van der Waals surface area contributed by atoms with Crippen LogP contribution < -0.4 is 4.90 Å². The van der Waals surface area contributed by atoms with Gasteiger partial charge in [-0.1, -0.05) is 91.0 Å². The first-order valence-electron chi connectivity index (χ1n) is 15.4. The van der Waals surface area contributed by atoms with E-state index in [1.165, 1.54) is 20.2 Å². The van der Waals surface area contributed by atoms with Crippen molar-refractivity contribution in [3.8, 4) is 11.1 Å². The Labute approximate surface area is 268 Å².